The van der Waals surface area contributed by atoms with Crippen molar-refractivity contribution in [1.82, 2.24) is 5.32 Å². The maximum absolute atomic E-state index is 11.9. The Balaban J connectivity index is 1.81. The standard InChI is InChI=1S/C14H18Cl2N2O3S/c1-9(10-2-4-11(15)5-3-10)17-6-14(19)18-13-8-22(20,21)7-12(13)16/h2-5,9,12-13,17H,6-8H2,1H3,(H,18,19)/p+1/t9-,12-,13-/m0/s1. The number of nitrogens with two attached hydrogens (primary N) is 1. The number of hydrogen-bond donors (Lipinski definition) is 2. The van der Waals surface area contributed by atoms with Crippen molar-refractivity contribution < 1.29 is 18.5 Å². The predicted octanol–water partition coefficient (Wildman–Crippen LogP) is 0.485. The molecule has 0 aliphatic carbocycles. The molecule has 1 aliphatic rings. The summed E-state index contributed by atoms with van der Waals surface area (Å²) in [5, 5.41) is 4.70. The number of halogens is 2. The monoisotopic (exact) mass is 365 g/mol. The summed E-state index contributed by atoms with van der Waals surface area (Å²) in [5.74, 6) is -0.377. The maximum atomic E-state index is 11.9. The third-order valence-electron chi connectivity index (χ3n) is 3.68. The van der Waals surface area contributed by atoms with E-state index in [-0.39, 0.29) is 30.0 Å². The second-order valence-corrected chi connectivity index (χ2v) is 8.70. The van der Waals surface area contributed by atoms with Crippen LogP contribution < -0.4 is 10.6 Å². The quantitative estimate of drug-likeness (QED) is 0.745. The summed E-state index contributed by atoms with van der Waals surface area (Å²) in [6.45, 7) is 2.20. The fraction of sp³-hybridized carbons (Fsp3) is 0.500. The molecule has 1 fully saturated rings. The van der Waals surface area contributed by atoms with Gasteiger partial charge >= 0.3 is 0 Å². The van der Waals surface area contributed by atoms with Gasteiger partial charge in [-0.1, -0.05) is 23.7 Å². The fourth-order valence-electron chi connectivity index (χ4n) is 2.39. The van der Waals surface area contributed by atoms with Gasteiger partial charge in [-0.05, 0) is 19.1 Å². The number of nitrogens with one attached hydrogen (secondary N) is 1. The van der Waals surface area contributed by atoms with Crippen molar-refractivity contribution >= 4 is 38.9 Å². The van der Waals surface area contributed by atoms with Crippen LogP contribution in [0.3, 0.4) is 0 Å². The average Bonchev–Trinajstić information content (AvgIpc) is 2.69. The minimum Gasteiger partial charge on any atom is -0.346 e. The number of amides is 1. The first kappa shape index (κ1) is 17.5. The molecule has 5 nitrogen and oxygen atoms in total. The van der Waals surface area contributed by atoms with Gasteiger partial charge in [-0.2, -0.15) is 0 Å². The lowest BCUT2D eigenvalue weighted by Gasteiger charge is -2.15. The molecule has 1 aromatic carbocycles. The van der Waals surface area contributed by atoms with Crippen LogP contribution in [0.2, 0.25) is 5.02 Å². The summed E-state index contributed by atoms with van der Waals surface area (Å²) in [7, 11) is -3.14. The van der Waals surface area contributed by atoms with Crippen molar-refractivity contribution in [3.05, 3.63) is 34.9 Å². The van der Waals surface area contributed by atoms with E-state index in [1.54, 1.807) is 0 Å². The molecular weight excluding hydrogens is 347 g/mol. The van der Waals surface area contributed by atoms with Gasteiger partial charge in [0.15, 0.2) is 16.4 Å². The van der Waals surface area contributed by atoms with E-state index < -0.39 is 21.3 Å². The molecule has 2 rings (SSSR count). The Kier molecular flexibility index (Phi) is 5.71. The van der Waals surface area contributed by atoms with Gasteiger partial charge in [0.2, 0.25) is 0 Å². The highest BCUT2D eigenvalue weighted by atomic mass is 35.5. The number of carbonyl (C=O) groups excluding carboxylic acids is 1. The molecule has 3 atom stereocenters. The molecule has 1 heterocycles. The first-order valence-electron chi connectivity index (χ1n) is 6.99. The van der Waals surface area contributed by atoms with Gasteiger partial charge < -0.3 is 10.6 Å². The highest BCUT2D eigenvalue weighted by molar-refractivity contribution is 7.91. The Hall–Kier alpha value is -0.820. The van der Waals surface area contributed by atoms with Crippen LogP contribution in [0.5, 0.6) is 0 Å². The second kappa shape index (κ2) is 7.17. The SMILES string of the molecule is C[C@H]([NH2+]CC(=O)N[C@H]1CS(=O)(=O)C[C@@H]1Cl)c1ccc(Cl)cc1. The molecule has 22 heavy (non-hydrogen) atoms. The van der Waals surface area contributed by atoms with Gasteiger partial charge in [-0.15, -0.1) is 11.6 Å². The first-order chi connectivity index (χ1) is 10.3. The van der Waals surface area contributed by atoms with Crippen molar-refractivity contribution in [1.29, 1.82) is 0 Å². The van der Waals surface area contributed by atoms with Crippen molar-refractivity contribution in [2.75, 3.05) is 18.1 Å². The first-order valence-corrected chi connectivity index (χ1v) is 9.63. The van der Waals surface area contributed by atoms with Gasteiger partial charge in [0.1, 0.15) is 6.04 Å². The molecule has 1 aliphatic heterocycles. The number of alkyl halides is 1. The molecule has 0 aromatic heterocycles. The number of benzene rings is 1. The van der Waals surface area contributed by atoms with Crippen LogP contribution in [0, 0.1) is 0 Å². The lowest BCUT2D eigenvalue weighted by Crippen LogP contribution is -2.87. The normalized spacial score (nSPS) is 24.9. The van der Waals surface area contributed by atoms with Gasteiger partial charge in [-0.3, -0.25) is 4.79 Å². The van der Waals surface area contributed by atoms with Crippen LogP contribution in [0.25, 0.3) is 0 Å². The fourth-order valence-corrected chi connectivity index (χ4v) is 5.06. The Morgan fingerprint density at radius 3 is 2.55 bits per heavy atom. The number of quaternary nitrogens is 1. The third-order valence-corrected chi connectivity index (χ3v) is 6.31. The maximum Gasteiger partial charge on any atom is 0.275 e. The van der Waals surface area contributed by atoms with Crippen LogP contribution in [0.15, 0.2) is 24.3 Å². The largest absolute Gasteiger partial charge is 0.346 e. The molecule has 0 saturated carbocycles. The van der Waals surface area contributed by atoms with Crippen LogP contribution in [0.1, 0.15) is 18.5 Å². The van der Waals surface area contributed by atoms with E-state index in [2.05, 4.69) is 5.32 Å². The van der Waals surface area contributed by atoms with Crippen LogP contribution in [-0.2, 0) is 14.6 Å². The molecule has 3 N–H and O–H groups in total. The summed E-state index contributed by atoms with van der Waals surface area (Å²) in [6, 6.07) is 7.05. The van der Waals surface area contributed by atoms with Gasteiger partial charge in [0.25, 0.3) is 5.91 Å². The Morgan fingerprint density at radius 1 is 1.36 bits per heavy atom. The number of hydrogen-bond acceptors (Lipinski definition) is 3. The Bertz CT molecular complexity index is 634. The lowest BCUT2D eigenvalue weighted by molar-refractivity contribution is -0.682. The zero-order valence-corrected chi connectivity index (χ0v) is 14.5. The van der Waals surface area contributed by atoms with Crippen molar-refractivity contribution in [3.63, 3.8) is 0 Å². The van der Waals surface area contributed by atoms with E-state index in [1.807, 2.05) is 36.5 Å². The van der Waals surface area contributed by atoms with Gasteiger partial charge in [0.05, 0.1) is 22.9 Å². The van der Waals surface area contributed by atoms with Crippen molar-refractivity contribution in [2.24, 2.45) is 0 Å². The van der Waals surface area contributed by atoms with E-state index in [1.165, 1.54) is 0 Å². The Labute approximate surface area is 140 Å². The molecular formula is C14H19Cl2N2O3S+. The minimum absolute atomic E-state index is 0.0790. The smallest absolute Gasteiger partial charge is 0.275 e. The summed E-state index contributed by atoms with van der Waals surface area (Å²) in [6.07, 6.45) is 0. The van der Waals surface area contributed by atoms with E-state index in [0.717, 1.165) is 5.56 Å². The third kappa shape index (κ3) is 4.84. The van der Waals surface area contributed by atoms with E-state index in [0.29, 0.717) is 5.02 Å². The number of rotatable bonds is 5. The molecule has 0 unspecified atom stereocenters. The number of carbonyl (C=O) groups is 1. The average molecular weight is 366 g/mol. The van der Waals surface area contributed by atoms with E-state index >= 15 is 0 Å². The molecule has 0 radical (unpaired) electrons. The van der Waals surface area contributed by atoms with Crippen LogP contribution >= 0.6 is 23.2 Å². The van der Waals surface area contributed by atoms with Gasteiger partial charge in [-0.25, -0.2) is 8.42 Å². The number of sulfone groups is 1. The highest BCUT2D eigenvalue weighted by Crippen LogP contribution is 2.17. The molecule has 0 bridgehead atoms. The zero-order chi connectivity index (χ0) is 16.3. The summed E-state index contributed by atoms with van der Waals surface area (Å²) < 4.78 is 22.9. The van der Waals surface area contributed by atoms with Crippen LogP contribution in [-0.4, -0.2) is 43.8 Å². The second-order valence-electron chi connectivity index (χ2n) is 5.55. The van der Waals surface area contributed by atoms with Gasteiger partial charge in [0, 0.05) is 10.6 Å². The van der Waals surface area contributed by atoms with E-state index in [9.17, 15) is 13.2 Å². The Morgan fingerprint density at radius 2 is 2.00 bits per heavy atom. The summed E-state index contributed by atoms with van der Waals surface area (Å²) >= 11 is 11.8. The molecule has 8 heteroatoms. The zero-order valence-electron chi connectivity index (χ0n) is 12.1. The molecule has 0 spiro atoms. The molecule has 1 aromatic rings. The predicted molar refractivity (Wildman–Crippen MR) is 86.9 cm³/mol. The molecule has 1 amide bonds. The molecule has 122 valence electrons. The summed E-state index contributed by atoms with van der Waals surface area (Å²) in [4.78, 5) is 11.9. The summed E-state index contributed by atoms with van der Waals surface area (Å²) in [5.41, 5.74) is 1.07. The lowest BCUT2D eigenvalue weighted by atomic mass is 10.1. The van der Waals surface area contributed by atoms with Crippen molar-refractivity contribution in [2.45, 2.75) is 24.4 Å². The highest BCUT2D eigenvalue weighted by Gasteiger charge is 2.37. The van der Waals surface area contributed by atoms with E-state index in [4.69, 9.17) is 23.2 Å². The topological polar surface area (TPSA) is 79.8 Å². The van der Waals surface area contributed by atoms with Crippen LogP contribution in [0.4, 0.5) is 0 Å². The van der Waals surface area contributed by atoms with Crippen molar-refractivity contribution in [3.8, 4) is 0 Å². The molecule has 1 saturated heterocycles. The minimum atomic E-state index is -3.14.